The molecule has 0 aromatic heterocycles. The minimum absolute atomic E-state index is 0.0790. The van der Waals surface area contributed by atoms with Gasteiger partial charge in [-0.15, -0.1) is 0 Å². The van der Waals surface area contributed by atoms with E-state index in [4.69, 9.17) is 9.47 Å². The number of rotatable bonds is 10. The van der Waals surface area contributed by atoms with Crippen LogP contribution in [0.1, 0.15) is 25.0 Å². The van der Waals surface area contributed by atoms with Crippen molar-refractivity contribution in [2.24, 2.45) is 0 Å². The molecular weight excluding hydrogens is 336 g/mol. The topological polar surface area (TPSA) is 24.9 Å². The van der Waals surface area contributed by atoms with Gasteiger partial charge in [-0.2, -0.15) is 0 Å². The van der Waals surface area contributed by atoms with Crippen molar-refractivity contribution in [2.75, 3.05) is 54.5 Å². The molecule has 2 aromatic carbocycles. The van der Waals surface area contributed by atoms with Crippen LogP contribution < -0.4 is 9.47 Å². The van der Waals surface area contributed by atoms with E-state index in [1.807, 2.05) is 28.2 Å². The minimum atomic E-state index is -0.0790. The van der Waals surface area contributed by atoms with Crippen LogP contribution in [-0.2, 0) is 5.41 Å². The summed E-state index contributed by atoms with van der Waals surface area (Å²) in [5.41, 5.74) is 2.46. The normalized spacial score (nSPS) is 11.9. The molecule has 0 aliphatic rings. The molecule has 0 saturated carbocycles. The van der Waals surface area contributed by atoms with E-state index in [-0.39, 0.29) is 5.41 Å². The maximum absolute atomic E-state index is 5.80. The van der Waals surface area contributed by atoms with Gasteiger partial charge in [0.2, 0.25) is 0 Å². The summed E-state index contributed by atoms with van der Waals surface area (Å²) < 4.78 is 11.6. The van der Waals surface area contributed by atoms with E-state index >= 15 is 0 Å². The first-order valence-corrected chi connectivity index (χ1v) is 9.55. The SMILES string of the molecule is CN(C)CCOc1ccc(C(C)(C)c2ccc(OCCN(C)C)cc2)cc1. The van der Waals surface area contributed by atoms with Gasteiger partial charge < -0.3 is 19.3 Å². The second kappa shape index (κ2) is 9.77. The Morgan fingerprint density at radius 2 is 0.963 bits per heavy atom. The minimum Gasteiger partial charge on any atom is -0.492 e. The third kappa shape index (κ3) is 6.56. The molecule has 4 nitrogen and oxygen atoms in total. The molecular formula is C23H34N2O2. The maximum atomic E-state index is 5.80. The Labute approximate surface area is 164 Å². The molecule has 4 heteroatoms. The number of ether oxygens (including phenoxy) is 2. The zero-order valence-corrected chi connectivity index (χ0v) is 17.7. The lowest BCUT2D eigenvalue weighted by molar-refractivity contribution is 0.261. The van der Waals surface area contributed by atoms with Crippen LogP contribution in [0.3, 0.4) is 0 Å². The highest BCUT2D eigenvalue weighted by Gasteiger charge is 2.23. The van der Waals surface area contributed by atoms with Crippen molar-refractivity contribution in [1.82, 2.24) is 9.80 Å². The van der Waals surface area contributed by atoms with Crippen LogP contribution in [0, 0.1) is 0 Å². The molecule has 0 amide bonds. The van der Waals surface area contributed by atoms with Crippen LogP contribution >= 0.6 is 0 Å². The molecule has 0 saturated heterocycles. The van der Waals surface area contributed by atoms with Gasteiger partial charge in [0.25, 0.3) is 0 Å². The molecule has 0 spiro atoms. The summed E-state index contributed by atoms with van der Waals surface area (Å²) in [6.07, 6.45) is 0. The highest BCUT2D eigenvalue weighted by Crippen LogP contribution is 2.33. The Bertz CT molecular complexity index is 617. The highest BCUT2D eigenvalue weighted by molar-refractivity contribution is 5.41. The number of hydrogen-bond acceptors (Lipinski definition) is 4. The smallest absolute Gasteiger partial charge is 0.119 e. The molecule has 0 heterocycles. The van der Waals surface area contributed by atoms with Crippen LogP contribution in [0.4, 0.5) is 0 Å². The molecule has 148 valence electrons. The van der Waals surface area contributed by atoms with Crippen molar-refractivity contribution in [1.29, 1.82) is 0 Å². The molecule has 0 bridgehead atoms. The van der Waals surface area contributed by atoms with E-state index in [0.29, 0.717) is 13.2 Å². The monoisotopic (exact) mass is 370 g/mol. The summed E-state index contributed by atoms with van der Waals surface area (Å²) in [6.45, 7) is 7.72. The van der Waals surface area contributed by atoms with E-state index in [9.17, 15) is 0 Å². The molecule has 0 fully saturated rings. The van der Waals surface area contributed by atoms with Crippen LogP contribution in [0.2, 0.25) is 0 Å². The van der Waals surface area contributed by atoms with Crippen molar-refractivity contribution < 1.29 is 9.47 Å². The van der Waals surface area contributed by atoms with Gasteiger partial charge in [-0.1, -0.05) is 38.1 Å². The number of likely N-dealkylation sites (N-methyl/N-ethyl adjacent to an activating group) is 2. The molecule has 0 aliphatic heterocycles. The predicted octanol–water partition coefficient (Wildman–Crippen LogP) is 3.89. The van der Waals surface area contributed by atoms with Crippen LogP contribution in [-0.4, -0.2) is 64.3 Å². The zero-order valence-electron chi connectivity index (χ0n) is 17.7. The second-order valence-corrected chi connectivity index (χ2v) is 7.98. The lowest BCUT2D eigenvalue weighted by atomic mass is 9.78. The summed E-state index contributed by atoms with van der Waals surface area (Å²) in [7, 11) is 8.20. The molecule has 0 atom stereocenters. The van der Waals surface area contributed by atoms with Crippen molar-refractivity contribution in [2.45, 2.75) is 19.3 Å². The Kier molecular flexibility index (Phi) is 7.69. The van der Waals surface area contributed by atoms with Gasteiger partial charge in [0.05, 0.1) is 0 Å². The van der Waals surface area contributed by atoms with Crippen molar-refractivity contribution >= 4 is 0 Å². The molecule has 0 unspecified atom stereocenters. The first-order chi connectivity index (χ1) is 12.8. The Morgan fingerprint density at radius 1 is 0.630 bits per heavy atom. The van der Waals surface area contributed by atoms with Crippen molar-refractivity contribution in [3.8, 4) is 11.5 Å². The highest BCUT2D eigenvalue weighted by atomic mass is 16.5. The Hall–Kier alpha value is -2.04. The zero-order chi connectivity index (χ0) is 19.9. The third-order valence-electron chi connectivity index (χ3n) is 4.77. The van der Waals surface area contributed by atoms with Crippen LogP contribution in [0.15, 0.2) is 48.5 Å². The third-order valence-corrected chi connectivity index (χ3v) is 4.77. The standard InChI is InChI=1S/C23H34N2O2/c1-23(2,19-7-11-21(12-8-19)26-17-15-24(3)4)20-9-13-22(14-10-20)27-18-16-25(5)6/h7-14H,15-18H2,1-6H3. The van der Waals surface area contributed by atoms with Gasteiger partial charge in [-0.3, -0.25) is 0 Å². The molecule has 0 N–H and O–H groups in total. The number of benzene rings is 2. The van der Waals surface area contributed by atoms with Gasteiger partial charge >= 0.3 is 0 Å². The van der Waals surface area contributed by atoms with Gasteiger partial charge in [-0.05, 0) is 63.6 Å². The fourth-order valence-electron chi connectivity index (χ4n) is 2.79. The average Bonchev–Trinajstić information content (AvgIpc) is 2.62. The van der Waals surface area contributed by atoms with E-state index < -0.39 is 0 Å². The van der Waals surface area contributed by atoms with Gasteiger partial charge in [0.15, 0.2) is 0 Å². The average molecular weight is 371 g/mol. The first kappa shape index (κ1) is 21.3. The molecule has 2 aromatic rings. The second-order valence-electron chi connectivity index (χ2n) is 7.98. The summed E-state index contributed by atoms with van der Waals surface area (Å²) >= 11 is 0. The number of hydrogen-bond donors (Lipinski definition) is 0. The largest absolute Gasteiger partial charge is 0.492 e. The first-order valence-electron chi connectivity index (χ1n) is 9.55. The van der Waals surface area contributed by atoms with Gasteiger partial charge in [0.1, 0.15) is 24.7 Å². The summed E-state index contributed by atoms with van der Waals surface area (Å²) in [4.78, 5) is 4.23. The molecule has 27 heavy (non-hydrogen) atoms. The summed E-state index contributed by atoms with van der Waals surface area (Å²) in [5, 5.41) is 0. The van der Waals surface area contributed by atoms with Crippen molar-refractivity contribution in [3.05, 3.63) is 59.7 Å². The van der Waals surface area contributed by atoms with Gasteiger partial charge in [-0.25, -0.2) is 0 Å². The summed E-state index contributed by atoms with van der Waals surface area (Å²) in [6, 6.07) is 16.9. The van der Waals surface area contributed by atoms with Crippen molar-refractivity contribution in [3.63, 3.8) is 0 Å². The molecule has 0 aliphatic carbocycles. The van der Waals surface area contributed by atoms with Gasteiger partial charge in [0, 0.05) is 18.5 Å². The summed E-state index contributed by atoms with van der Waals surface area (Å²) in [5.74, 6) is 1.84. The van der Waals surface area contributed by atoms with Crippen LogP contribution in [0.5, 0.6) is 11.5 Å². The lowest BCUT2D eigenvalue weighted by Crippen LogP contribution is -2.20. The van der Waals surface area contributed by atoms with E-state index in [1.54, 1.807) is 0 Å². The molecule has 2 rings (SSSR count). The molecule has 0 radical (unpaired) electrons. The fourth-order valence-corrected chi connectivity index (χ4v) is 2.79. The fraction of sp³-hybridized carbons (Fsp3) is 0.478. The Balaban J connectivity index is 2.00. The lowest BCUT2D eigenvalue weighted by Gasteiger charge is -2.26. The quantitative estimate of drug-likeness (QED) is 0.633. The Morgan fingerprint density at radius 3 is 1.26 bits per heavy atom. The van der Waals surface area contributed by atoms with E-state index in [2.05, 4.69) is 72.2 Å². The van der Waals surface area contributed by atoms with E-state index in [0.717, 1.165) is 24.6 Å². The van der Waals surface area contributed by atoms with E-state index in [1.165, 1.54) is 11.1 Å². The number of nitrogens with zero attached hydrogens (tertiary/aromatic N) is 2. The predicted molar refractivity (Wildman–Crippen MR) is 113 cm³/mol. The maximum Gasteiger partial charge on any atom is 0.119 e. The van der Waals surface area contributed by atoms with Crippen LogP contribution in [0.25, 0.3) is 0 Å².